The maximum Gasteiger partial charge on any atom is 0.183 e. The first kappa shape index (κ1) is 14.4. The van der Waals surface area contributed by atoms with Gasteiger partial charge in [0.05, 0.1) is 11.3 Å². The molecule has 4 aromatic rings. The summed E-state index contributed by atoms with van der Waals surface area (Å²) in [5, 5.41) is 7.76. The molecule has 0 radical (unpaired) electrons. The van der Waals surface area contributed by atoms with Crippen molar-refractivity contribution in [2.45, 2.75) is 13.8 Å². The zero-order chi connectivity index (χ0) is 16.7. The van der Waals surface area contributed by atoms with Gasteiger partial charge in [-0.25, -0.2) is 15.0 Å². The SMILES string of the molecule is Cc1nn(C)c(C)c1-c1nc2ncnc(Nc3ccccc3)c2[nH]1. The fourth-order valence-corrected chi connectivity index (χ4v) is 2.82. The van der Waals surface area contributed by atoms with Gasteiger partial charge in [0.15, 0.2) is 11.5 Å². The monoisotopic (exact) mass is 319 g/mol. The lowest BCUT2D eigenvalue weighted by Gasteiger charge is -2.05. The highest BCUT2D eigenvalue weighted by atomic mass is 15.3. The minimum atomic E-state index is 0.626. The predicted octanol–water partition coefficient (Wildman–Crippen LogP) is 3.11. The Morgan fingerprint density at radius 1 is 1.08 bits per heavy atom. The van der Waals surface area contributed by atoms with Crippen LogP contribution in [-0.4, -0.2) is 29.7 Å². The van der Waals surface area contributed by atoms with Crippen molar-refractivity contribution in [1.29, 1.82) is 0 Å². The second-order valence-electron chi connectivity index (χ2n) is 5.67. The van der Waals surface area contributed by atoms with Gasteiger partial charge in [-0.2, -0.15) is 5.10 Å². The van der Waals surface area contributed by atoms with Gasteiger partial charge in [0.25, 0.3) is 0 Å². The van der Waals surface area contributed by atoms with Crippen LogP contribution in [0.1, 0.15) is 11.4 Å². The molecular formula is C17H17N7. The Hall–Kier alpha value is -3.22. The summed E-state index contributed by atoms with van der Waals surface area (Å²) in [6.07, 6.45) is 1.52. The molecule has 4 rings (SSSR count). The molecule has 120 valence electrons. The molecule has 3 aromatic heterocycles. The zero-order valence-electron chi connectivity index (χ0n) is 13.7. The number of aryl methyl sites for hydroxylation is 2. The van der Waals surface area contributed by atoms with Crippen molar-refractivity contribution < 1.29 is 0 Å². The summed E-state index contributed by atoms with van der Waals surface area (Å²) in [5.41, 5.74) is 5.35. The number of anilines is 2. The molecule has 2 N–H and O–H groups in total. The normalized spacial score (nSPS) is 11.1. The molecule has 3 heterocycles. The third-order valence-corrected chi connectivity index (χ3v) is 4.07. The van der Waals surface area contributed by atoms with Gasteiger partial charge < -0.3 is 10.3 Å². The van der Waals surface area contributed by atoms with Crippen molar-refractivity contribution in [3.8, 4) is 11.4 Å². The van der Waals surface area contributed by atoms with Gasteiger partial charge in [-0.1, -0.05) is 18.2 Å². The zero-order valence-corrected chi connectivity index (χ0v) is 13.7. The molecule has 0 bridgehead atoms. The summed E-state index contributed by atoms with van der Waals surface area (Å²) in [7, 11) is 1.93. The van der Waals surface area contributed by atoms with Gasteiger partial charge in [0, 0.05) is 18.4 Å². The Morgan fingerprint density at radius 3 is 2.58 bits per heavy atom. The van der Waals surface area contributed by atoms with Gasteiger partial charge in [0.1, 0.15) is 17.7 Å². The summed E-state index contributed by atoms with van der Waals surface area (Å²) < 4.78 is 1.85. The van der Waals surface area contributed by atoms with E-state index in [1.165, 1.54) is 6.33 Å². The second kappa shape index (κ2) is 5.45. The maximum absolute atomic E-state index is 4.62. The second-order valence-corrected chi connectivity index (χ2v) is 5.67. The van der Waals surface area contributed by atoms with Crippen molar-refractivity contribution in [3.63, 3.8) is 0 Å². The van der Waals surface area contributed by atoms with Crippen molar-refractivity contribution >= 4 is 22.7 Å². The molecule has 7 nitrogen and oxygen atoms in total. The fraction of sp³-hybridized carbons (Fsp3) is 0.176. The highest BCUT2D eigenvalue weighted by molar-refractivity contribution is 5.87. The number of aromatic nitrogens is 6. The topological polar surface area (TPSA) is 84.3 Å². The first-order valence-corrected chi connectivity index (χ1v) is 7.67. The molecule has 0 fully saturated rings. The van der Waals surface area contributed by atoms with E-state index in [0.29, 0.717) is 11.5 Å². The molecule has 0 spiro atoms. The van der Waals surface area contributed by atoms with Crippen LogP contribution in [0.3, 0.4) is 0 Å². The van der Waals surface area contributed by atoms with E-state index in [1.54, 1.807) is 0 Å². The number of H-pyrrole nitrogens is 1. The van der Waals surface area contributed by atoms with E-state index < -0.39 is 0 Å². The summed E-state index contributed by atoms with van der Waals surface area (Å²) in [4.78, 5) is 16.6. The van der Waals surface area contributed by atoms with Crippen LogP contribution in [-0.2, 0) is 7.05 Å². The fourth-order valence-electron chi connectivity index (χ4n) is 2.82. The van der Waals surface area contributed by atoms with E-state index >= 15 is 0 Å². The van der Waals surface area contributed by atoms with Crippen LogP contribution in [0, 0.1) is 13.8 Å². The van der Waals surface area contributed by atoms with Crippen LogP contribution in [0.2, 0.25) is 0 Å². The molecule has 0 amide bonds. The maximum atomic E-state index is 4.62. The Balaban J connectivity index is 1.83. The number of aromatic amines is 1. The van der Waals surface area contributed by atoms with E-state index in [4.69, 9.17) is 0 Å². The Kier molecular flexibility index (Phi) is 3.26. The molecule has 7 heteroatoms. The average Bonchev–Trinajstić information content (AvgIpc) is 3.10. The van der Waals surface area contributed by atoms with Crippen LogP contribution < -0.4 is 5.32 Å². The quantitative estimate of drug-likeness (QED) is 0.606. The molecule has 0 aliphatic heterocycles. The van der Waals surface area contributed by atoms with E-state index in [1.807, 2.05) is 55.9 Å². The number of nitrogens with zero attached hydrogens (tertiary/aromatic N) is 5. The molecule has 0 atom stereocenters. The number of imidazole rings is 1. The third-order valence-electron chi connectivity index (χ3n) is 4.07. The van der Waals surface area contributed by atoms with Crippen molar-refractivity contribution in [2.75, 3.05) is 5.32 Å². The number of fused-ring (bicyclic) bond motifs is 1. The van der Waals surface area contributed by atoms with Gasteiger partial charge in [0.2, 0.25) is 0 Å². The van der Waals surface area contributed by atoms with Gasteiger partial charge in [-0.15, -0.1) is 0 Å². The molecule has 0 saturated heterocycles. The van der Waals surface area contributed by atoms with E-state index in [0.717, 1.165) is 34.0 Å². The molecule has 0 aliphatic rings. The Morgan fingerprint density at radius 2 is 1.88 bits per heavy atom. The van der Waals surface area contributed by atoms with Crippen molar-refractivity contribution in [2.24, 2.45) is 7.05 Å². The van der Waals surface area contributed by atoms with Crippen molar-refractivity contribution in [3.05, 3.63) is 48.0 Å². The van der Waals surface area contributed by atoms with E-state index in [-0.39, 0.29) is 0 Å². The molecule has 24 heavy (non-hydrogen) atoms. The number of hydrogen-bond acceptors (Lipinski definition) is 5. The number of rotatable bonds is 3. The van der Waals surface area contributed by atoms with Crippen LogP contribution >= 0.6 is 0 Å². The minimum Gasteiger partial charge on any atom is -0.338 e. The van der Waals surface area contributed by atoms with Crippen LogP contribution in [0.15, 0.2) is 36.7 Å². The standard InChI is InChI=1S/C17H17N7/c1-10-13(11(2)24(3)23-10)15-21-14-16(18-9-19-17(14)22-15)20-12-7-5-4-6-8-12/h4-9H,1-3H3,(H2,18,19,20,21,22). The summed E-state index contributed by atoms with van der Waals surface area (Å²) in [6, 6.07) is 9.90. The highest BCUT2D eigenvalue weighted by Crippen LogP contribution is 2.28. The molecule has 0 unspecified atom stereocenters. The largest absolute Gasteiger partial charge is 0.338 e. The van der Waals surface area contributed by atoms with Crippen LogP contribution in [0.4, 0.5) is 11.5 Å². The van der Waals surface area contributed by atoms with Crippen LogP contribution in [0.5, 0.6) is 0 Å². The average molecular weight is 319 g/mol. The number of benzene rings is 1. The van der Waals surface area contributed by atoms with Crippen LogP contribution in [0.25, 0.3) is 22.6 Å². The first-order valence-electron chi connectivity index (χ1n) is 7.67. The lowest BCUT2D eigenvalue weighted by Crippen LogP contribution is -1.95. The third kappa shape index (κ3) is 2.30. The van der Waals surface area contributed by atoms with Crippen molar-refractivity contribution in [1.82, 2.24) is 29.7 Å². The smallest absolute Gasteiger partial charge is 0.183 e. The van der Waals surface area contributed by atoms with Gasteiger partial charge >= 0.3 is 0 Å². The summed E-state index contributed by atoms with van der Waals surface area (Å²) in [5.74, 6) is 1.45. The van der Waals surface area contributed by atoms with E-state index in [2.05, 4.69) is 30.4 Å². The number of hydrogen-bond donors (Lipinski definition) is 2. The Bertz CT molecular complexity index is 1010. The molecule has 1 aromatic carbocycles. The lowest BCUT2D eigenvalue weighted by molar-refractivity contribution is 0.731. The Labute approximate surface area is 138 Å². The minimum absolute atomic E-state index is 0.626. The lowest BCUT2D eigenvalue weighted by atomic mass is 10.2. The molecular weight excluding hydrogens is 302 g/mol. The highest BCUT2D eigenvalue weighted by Gasteiger charge is 2.17. The van der Waals surface area contributed by atoms with Gasteiger partial charge in [-0.05, 0) is 26.0 Å². The summed E-state index contributed by atoms with van der Waals surface area (Å²) >= 11 is 0. The van der Waals surface area contributed by atoms with Gasteiger partial charge in [-0.3, -0.25) is 4.68 Å². The number of para-hydroxylation sites is 1. The van der Waals surface area contributed by atoms with E-state index in [9.17, 15) is 0 Å². The predicted molar refractivity (Wildman–Crippen MR) is 93.1 cm³/mol. The first-order chi connectivity index (χ1) is 11.6. The summed E-state index contributed by atoms with van der Waals surface area (Å²) in [6.45, 7) is 4.00. The molecule has 0 aliphatic carbocycles. The molecule has 0 saturated carbocycles. The number of nitrogens with one attached hydrogen (secondary N) is 2.